The molecule has 0 amide bonds. The van der Waals surface area contributed by atoms with Crippen LogP contribution in [0.15, 0.2) is 18.2 Å². The van der Waals surface area contributed by atoms with E-state index in [1.54, 1.807) is 19.2 Å². The number of rotatable bonds is 3. The van der Waals surface area contributed by atoms with Crippen molar-refractivity contribution in [3.05, 3.63) is 23.8 Å². The minimum Gasteiger partial charge on any atom is -0.504 e. The summed E-state index contributed by atoms with van der Waals surface area (Å²) in [6.45, 7) is 1.92. The minimum atomic E-state index is 0.0811. The van der Waals surface area contributed by atoms with Gasteiger partial charge >= 0.3 is 0 Å². The Hall–Kier alpha value is -1.64. The fourth-order valence-corrected chi connectivity index (χ4v) is 1.29. The number of phenolic OH excluding ortho intramolecular Hbond substituents is 1. The summed E-state index contributed by atoms with van der Waals surface area (Å²) in [5.74, 6) is 0.992. The number of phenols is 1. The quantitative estimate of drug-likeness (QED) is 0.803. The van der Waals surface area contributed by atoms with E-state index < -0.39 is 0 Å². The largest absolute Gasteiger partial charge is 0.504 e. The van der Waals surface area contributed by atoms with Crippen molar-refractivity contribution in [1.82, 2.24) is 0 Å². The van der Waals surface area contributed by atoms with Crippen molar-refractivity contribution in [2.45, 2.75) is 6.92 Å². The fraction of sp³-hybridized carbons (Fsp3) is 0.273. The highest BCUT2D eigenvalue weighted by Crippen LogP contribution is 2.39. The van der Waals surface area contributed by atoms with Gasteiger partial charge in [-0.2, -0.15) is 0 Å². The standard InChI is InChI=1S/C11H14O3/c1-4-5-8-6-7-9(12)11(14-3)10(8)13-2/h4-7,12H,1-3H3. The first-order valence-corrected chi connectivity index (χ1v) is 4.31. The fourth-order valence-electron chi connectivity index (χ4n) is 1.29. The summed E-state index contributed by atoms with van der Waals surface area (Å²) in [6.07, 6.45) is 3.79. The smallest absolute Gasteiger partial charge is 0.203 e. The van der Waals surface area contributed by atoms with E-state index in [-0.39, 0.29) is 5.75 Å². The van der Waals surface area contributed by atoms with E-state index in [4.69, 9.17) is 9.47 Å². The zero-order valence-electron chi connectivity index (χ0n) is 8.57. The molecule has 1 N–H and O–H groups in total. The van der Waals surface area contributed by atoms with Gasteiger partial charge in [-0.05, 0) is 19.1 Å². The van der Waals surface area contributed by atoms with E-state index in [1.165, 1.54) is 7.11 Å². The lowest BCUT2D eigenvalue weighted by atomic mass is 10.1. The number of hydrogen-bond donors (Lipinski definition) is 1. The van der Waals surface area contributed by atoms with E-state index in [0.29, 0.717) is 11.5 Å². The van der Waals surface area contributed by atoms with Crippen molar-refractivity contribution >= 4 is 6.08 Å². The van der Waals surface area contributed by atoms with Crippen molar-refractivity contribution in [1.29, 1.82) is 0 Å². The second kappa shape index (κ2) is 4.56. The molecular weight excluding hydrogens is 180 g/mol. The molecule has 0 unspecified atom stereocenters. The van der Waals surface area contributed by atoms with Gasteiger partial charge in [-0.1, -0.05) is 12.2 Å². The Bertz CT molecular complexity index is 343. The van der Waals surface area contributed by atoms with Gasteiger partial charge < -0.3 is 14.6 Å². The molecule has 1 aromatic carbocycles. The molecule has 0 saturated heterocycles. The molecule has 3 nitrogen and oxygen atoms in total. The molecule has 76 valence electrons. The number of allylic oxidation sites excluding steroid dienone is 1. The molecule has 14 heavy (non-hydrogen) atoms. The molecule has 0 radical (unpaired) electrons. The van der Waals surface area contributed by atoms with Crippen LogP contribution in [0.1, 0.15) is 12.5 Å². The van der Waals surface area contributed by atoms with E-state index in [0.717, 1.165) is 5.56 Å². The number of aromatic hydroxyl groups is 1. The van der Waals surface area contributed by atoms with Gasteiger partial charge in [0.2, 0.25) is 5.75 Å². The third-order valence-corrected chi connectivity index (χ3v) is 1.88. The third kappa shape index (κ3) is 1.82. The number of hydrogen-bond acceptors (Lipinski definition) is 3. The molecule has 0 heterocycles. The molecule has 0 aliphatic rings. The van der Waals surface area contributed by atoms with Crippen LogP contribution in [0.5, 0.6) is 17.2 Å². The maximum absolute atomic E-state index is 9.49. The average Bonchev–Trinajstić information content (AvgIpc) is 2.20. The first-order chi connectivity index (χ1) is 6.74. The van der Waals surface area contributed by atoms with Crippen LogP contribution in [0.3, 0.4) is 0 Å². The molecule has 0 atom stereocenters. The normalized spacial score (nSPS) is 10.5. The third-order valence-electron chi connectivity index (χ3n) is 1.88. The van der Waals surface area contributed by atoms with E-state index in [2.05, 4.69) is 0 Å². The summed E-state index contributed by atoms with van der Waals surface area (Å²) in [5, 5.41) is 9.49. The van der Waals surface area contributed by atoms with Crippen LogP contribution in [0.2, 0.25) is 0 Å². The Balaban J connectivity index is 3.32. The minimum absolute atomic E-state index is 0.0811. The van der Waals surface area contributed by atoms with Crippen molar-refractivity contribution in [2.24, 2.45) is 0 Å². The summed E-state index contributed by atoms with van der Waals surface area (Å²) >= 11 is 0. The lowest BCUT2D eigenvalue weighted by Crippen LogP contribution is -1.93. The zero-order chi connectivity index (χ0) is 10.6. The van der Waals surface area contributed by atoms with Gasteiger partial charge in [0, 0.05) is 5.56 Å². The lowest BCUT2D eigenvalue weighted by Gasteiger charge is -2.11. The topological polar surface area (TPSA) is 38.7 Å². The van der Waals surface area contributed by atoms with E-state index in [1.807, 2.05) is 19.1 Å². The predicted molar refractivity (Wildman–Crippen MR) is 55.9 cm³/mol. The Morgan fingerprint density at radius 2 is 1.79 bits per heavy atom. The number of ether oxygens (including phenoxy) is 2. The molecule has 0 aromatic heterocycles. The van der Waals surface area contributed by atoms with Gasteiger partial charge in [-0.3, -0.25) is 0 Å². The molecule has 0 aliphatic carbocycles. The summed E-state index contributed by atoms with van der Waals surface area (Å²) in [6, 6.07) is 3.35. The monoisotopic (exact) mass is 194 g/mol. The highest BCUT2D eigenvalue weighted by molar-refractivity contribution is 5.65. The molecule has 0 fully saturated rings. The molecular formula is C11H14O3. The second-order valence-corrected chi connectivity index (χ2v) is 2.74. The number of methoxy groups -OCH3 is 2. The van der Waals surface area contributed by atoms with Crippen LogP contribution in [0.25, 0.3) is 6.08 Å². The van der Waals surface area contributed by atoms with Crippen molar-refractivity contribution in [2.75, 3.05) is 14.2 Å². The summed E-state index contributed by atoms with van der Waals surface area (Å²) < 4.78 is 10.2. The van der Waals surface area contributed by atoms with Gasteiger partial charge in [-0.25, -0.2) is 0 Å². The maximum atomic E-state index is 9.49. The van der Waals surface area contributed by atoms with Gasteiger partial charge in [0.25, 0.3) is 0 Å². The van der Waals surface area contributed by atoms with Crippen LogP contribution >= 0.6 is 0 Å². The molecule has 1 aromatic rings. The van der Waals surface area contributed by atoms with Crippen LogP contribution in [-0.4, -0.2) is 19.3 Å². The van der Waals surface area contributed by atoms with Crippen LogP contribution in [-0.2, 0) is 0 Å². The first-order valence-electron chi connectivity index (χ1n) is 4.31. The Morgan fingerprint density at radius 3 is 2.29 bits per heavy atom. The molecule has 1 rings (SSSR count). The molecule has 0 spiro atoms. The van der Waals surface area contributed by atoms with E-state index >= 15 is 0 Å². The Morgan fingerprint density at radius 1 is 1.14 bits per heavy atom. The predicted octanol–water partition coefficient (Wildman–Crippen LogP) is 2.44. The Labute approximate surface area is 83.6 Å². The van der Waals surface area contributed by atoms with Crippen molar-refractivity contribution in [3.8, 4) is 17.2 Å². The van der Waals surface area contributed by atoms with Crippen LogP contribution < -0.4 is 9.47 Å². The summed E-state index contributed by atoms with van der Waals surface area (Å²) in [7, 11) is 3.04. The zero-order valence-corrected chi connectivity index (χ0v) is 8.57. The number of benzene rings is 1. The lowest BCUT2D eigenvalue weighted by molar-refractivity contribution is 0.332. The highest BCUT2D eigenvalue weighted by atomic mass is 16.5. The second-order valence-electron chi connectivity index (χ2n) is 2.74. The van der Waals surface area contributed by atoms with Crippen molar-refractivity contribution in [3.63, 3.8) is 0 Å². The maximum Gasteiger partial charge on any atom is 0.203 e. The molecule has 0 bridgehead atoms. The SMILES string of the molecule is CC=Cc1ccc(O)c(OC)c1OC. The Kier molecular flexibility index (Phi) is 3.40. The van der Waals surface area contributed by atoms with Gasteiger partial charge in [-0.15, -0.1) is 0 Å². The first kappa shape index (κ1) is 10.4. The summed E-state index contributed by atoms with van der Waals surface area (Å²) in [4.78, 5) is 0. The van der Waals surface area contributed by atoms with Crippen molar-refractivity contribution < 1.29 is 14.6 Å². The van der Waals surface area contributed by atoms with Gasteiger partial charge in [0.15, 0.2) is 11.5 Å². The van der Waals surface area contributed by atoms with Gasteiger partial charge in [0.1, 0.15) is 0 Å². The van der Waals surface area contributed by atoms with Crippen LogP contribution in [0, 0.1) is 0 Å². The molecule has 3 heteroatoms. The van der Waals surface area contributed by atoms with E-state index in [9.17, 15) is 5.11 Å². The van der Waals surface area contributed by atoms with Gasteiger partial charge in [0.05, 0.1) is 14.2 Å². The highest BCUT2D eigenvalue weighted by Gasteiger charge is 2.12. The molecule has 0 aliphatic heterocycles. The van der Waals surface area contributed by atoms with Crippen LogP contribution in [0.4, 0.5) is 0 Å². The molecule has 0 saturated carbocycles. The summed E-state index contributed by atoms with van der Waals surface area (Å²) in [5.41, 5.74) is 0.879. The average molecular weight is 194 g/mol.